The molecule has 0 spiro atoms. The Balaban J connectivity index is 1.83. The number of piperidine rings is 1. The summed E-state index contributed by atoms with van der Waals surface area (Å²) in [5, 5.41) is 3.30. The van der Waals surface area contributed by atoms with E-state index < -0.39 is 6.61 Å². The van der Waals surface area contributed by atoms with Crippen LogP contribution in [0.25, 0.3) is 0 Å². The fourth-order valence-corrected chi connectivity index (χ4v) is 2.83. The van der Waals surface area contributed by atoms with Gasteiger partial charge in [0.05, 0.1) is 7.11 Å². The Bertz CT molecular complexity index is 478. The fourth-order valence-electron chi connectivity index (χ4n) is 2.83. The number of halogens is 2. The number of hydrogen-bond acceptors (Lipinski definition) is 4. The largest absolute Gasteiger partial charge is 0.493 e. The molecule has 1 aromatic rings. The average molecular weight is 328 g/mol. The molecule has 130 valence electrons. The number of nitrogens with one attached hydrogen (secondary N) is 1. The van der Waals surface area contributed by atoms with Gasteiger partial charge < -0.3 is 19.7 Å². The van der Waals surface area contributed by atoms with Crippen LogP contribution in [0.1, 0.15) is 25.3 Å². The van der Waals surface area contributed by atoms with Crippen molar-refractivity contribution in [3.63, 3.8) is 0 Å². The van der Waals surface area contributed by atoms with Gasteiger partial charge in [-0.15, -0.1) is 0 Å². The molecule has 1 saturated heterocycles. The molecule has 0 atom stereocenters. The minimum atomic E-state index is -2.86. The molecule has 0 aromatic heterocycles. The maximum atomic E-state index is 12.6. The van der Waals surface area contributed by atoms with Crippen LogP contribution in [0.2, 0.25) is 0 Å². The Morgan fingerprint density at radius 3 is 2.70 bits per heavy atom. The molecule has 1 aromatic carbocycles. The van der Waals surface area contributed by atoms with Crippen molar-refractivity contribution < 1.29 is 18.3 Å². The van der Waals surface area contributed by atoms with Gasteiger partial charge in [-0.1, -0.05) is 19.1 Å². The van der Waals surface area contributed by atoms with E-state index in [0.29, 0.717) is 17.9 Å². The maximum absolute atomic E-state index is 12.6. The molecule has 23 heavy (non-hydrogen) atoms. The van der Waals surface area contributed by atoms with E-state index in [0.717, 1.165) is 32.1 Å². The Morgan fingerprint density at radius 2 is 2.04 bits per heavy atom. The number of para-hydroxylation sites is 1. The van der Waals surface area contributed by atoms with Gasteiger partial charge in [-0.3, -0.25) is 0 Å². The van der Waals surface area contributed by atoms with Gasteiger partial charge in [-0.05, 0) is 37.9 Å². The molecular formula is C17H26F2N2O2. The first-order valence-electron chi connectivity index (χ1n) is 8.14. The molecule has 0 aliphatic carbocycles. The highest BCUT2D eigenvalue weighted by molar-refractivity contribution is 5.46. The van der Waals surface area contributed by atoms with E-state index >= 15 is 0 Å². The predicted octanol–water partition coefficient (Wildman–Crippen LogP) is 3.12. The predicted molar refractivity (Wildman–Crippen MR) is 86.2 cm³/mol. The van der Waals surface area contributed by atoms with Crippen LogP contribution < -0.4 is 14.8 Å². The van der Waals surface area contributed by atoms with Gasteiger partial charge in [0.1, 0.15) is 0 Å². The SMILES string of the molecule is COc1cccc(CNCCN2CCC(C)CC2)c1OC(F)F. The van der Waals surface area contributed by atoms with Gasteiger partial charge in [-0.2, -0.15) is 8.78 Å². The highest BCUT2D eigenvalue weighted by atomic mass is 19.3. The summed E-state index contributed by atoms with van der Waals surface area (Å²) in [6.45, 7) is 3.98. The number of benzene rings is 1. The molecule has 1 N–H and O–H groups in total. The summed E-state index contributed by atoms with van der Waals surface area (Å²) in [4.78, 5) is 2.44. The van der Waals surface area contributed by atoms with Gasteiger partial charge >= 0.3 is 6.61 Å². The van der Waals surface area contributed by atoms with E-state index in [4.69, 9.17) is 4.74 Å². The molecule has 0 radical (unpaired) electrons. The summed E-state index contributed by atoms with van der Waals surface area (Å²) in [5.74, 6) is 1.27. The number of alkyl halides is 2. The van der Waals surface area contributed by atoms with Crippen molar-refractivity contribution in [3.05, 3.63) is 23.8 Å². The van der Waals surface area contributed by atoms with Crippen LogP contribution >= 0.6 is 0 Å². The Hall–Kier alpha value is -1.40. The number of likely N-dealkylation sites (tertiary alicyclic amines) is 1. The quantitative estimate of drug-likeness (QED) is 0.744. The topological polar surface area (TPSA) is 33.7 Å². The standard InChI is InChI=1S/C17H26F2N2O2/c1-13-6-9-21(10-7-13)11-8-20-12-14-4-3-5-15(22-2)16(14)23-17(18)19/h3-5,13,17,20H,6-12H2,1-2H3. The lowest BCUT2D eigenvalue weighted by Crippen LogP contribution is -2.37. The first-order valence-corrected chi connectivity index (χ1v) is 8.14. The van der Waals surface area contributed by atoms with E-state index in [9.17, 15) is 8.78 Å². The lowest BCUT2D eigenvalue weighted by atomic mass is 9.99. The van der Waals surface area contributed by atoms with Crippen LogP contribution in [-0.4, -0.2) is 44.8 Å². The third-order valence-corrected chi connectivity index (χ3v) is 4.28. The molecule has 0 bridgehead atoms. The summed E-state index contributed by atoms with van der Waals surface area (Å²) < 4.78 is 34.9. The molecule has 6 heteroatoms. The normalized spacial score (nSPS) is 16.7. The Morgan fingerprint density at radius 1 is 1.30 bits per heavy atom. The van der Waals surface area contributed by atoms with Crippen molar-refractivity contribution >= 4 is 0 Å². The van der Waals surface area contributed by atoms with Crippen LogP contribution in [0.15, 0.2) is 18.2 Å². The van der Waals surface area contributed by atoms with Gasteiger partial charge in [0, 0.05) is 25.2 Å². The van der Waals surface area contributed by atoms with E-state index in [1.807, 2.05) is 0 Å². The van der Waals surface area contributed by atoms with E-state index in [1.54, 1.807) is 18.2 Å². The second kappa shape index (κ2) is 9.03. The zero-order valence-corrected chi connectivity index (χ0v) is 13.9. The van der Waals surface area contributed by atoms with Gasteiger partial charge in [0.25, 0.3) is 0 Å². The van der Waals surface area contributed by atoms with Crippen molar-refractivity contribution in [2.24, 2.45) is 5.92 Å². The third-order valence-electron chi connectivity index (χ3n) is 4.28. The summed E-state index contributed by atoms with van der Waals surface area (Å²) in [6, 6.07) is 5.17. The number of ether oxygens (including phenoxy) is 2. The van der Waals surface area contributed by atoms with E-state index in [1.165, 1.54) is 20.0 Å². The minimum absolute atomic E-state index is 0.115. The molecule has 1 fully saturated rings. The second-order valence-electron chi connectivity index (χ2n) is 6.03. The summed E-state index contributed by atoms with van der Waals surface area (Å²) in [6.07, 6.45) is 2.50. The van der Waals surface area contributed by atoms with E-state index in [2.05, 4.69) is 21.9 Å². The second-order valence-corrected chi connectivity index (χ2v) is 6.03. The van der Waals surface area contributed by atoms with Crippen LogP contribution in [0.3, 0.4) is 0 Å². The maximum Gasteiger partial charge on any atom is 0.387 e. The van der Waals surface area contributed by atoms with Crippen LogP contribution in [0, 0.1) is 5.92 Å². The average Bonchev–Trinajstić information content (AvgIpc) is 2.54. The first-order chi connectivity index (χ1) is 11.1. The van der Waals surface area contributed by atoms with Crippen molar-refractivity contribution in [2.75, 3.05) is 33.3 Å². The molecule has 0 saturated carbocycles. The van der Waals surface area contributed by atoms with Crippen LogP contribution in [0.4, 0.5) is 8.78 Å². The van der Waals surface area contributed by atoms with Crippen LogP contribution in [-0.2, 0) is 6.54 Å². The lowest BCUT2D eigenvalue weighted by molar-refractivity contribution is -0.0518. The Labute approximate surface area is 136 Å². The summed E-state index contributed by atoms with van der Waals surface area (Å²) in [7, 11) is 1.45. The highest BCUT2D eigenvalue weighted by Gasteiger charge is 2.16. The number of hydrogen-bond donors (Lipinski definition) is 1. The Kier molecular flexibility index (Phi) is 7.05. The molecular weight excluding hydrogens is 302 g/mol. The molecule has 4 nitrogen and oxygen atoms in total. The smallest absolute Gasteiger partial charge is 0.387 e. The zero-order valence-electron chi connectivity index (χ0n) is 13.9. The number of methoxy groups -OCH3 is 1. The van der Waals surface area contributed by atoms with E-state index in [-0.39, 0.29) is 5.75 Å². The molecule has 0 amide bonds. The summed E-state index contributed by atoms with van der Waals surface area (Å²) >= 11 is 0. The molecule has 1 heterocycles. The minimum Gasteiger partial charge on any atom is -0.493 e. The van der Waals surface area contributed by atoms with Crippen molar-refractivity contribution in [1.82, 2.24) is 10.2 Å². The van der Waals surface area contributed by atoms with Crippen molar-refractivity contribution in [3.8, 4) is 11.5 Å². The van der Waals surface area contributed by atoms with Crippen molar-refractivity contribution in [2.45, 2.75) is 32.9 Å². The molecule has 0 unspecified atom stereocenters. The highest BCUT2D eigenvalue weighted by Crippen LogP contribution is 2.32. The summed E-state index contributed by atoms with van der Waals surface area (Å²) in [5.41, 5.74) is 0.678. The number of nitrogens with zero attached hydrogens (tertiary/aromatic N) is 1. The van der Waals surface area contributed by atoms with Gasteiger partial charge in [-0.25, -0.2) is 0 Å². The molecule has 2 rings (SSSR count). The lowest BCUT2D eigenvalue weighted by Gasteiger charge is -2.30. The van der Waals surface area contributed by atoms with Gasteiger partial charge in [0.15, 0.2) is 11.5 Å². The third kappa shape index (κ3) is 5.62. The van der Waals surface area contributed by atoms with Gasteiger partial charge in [0.2, 0.25) is 0 Å². The molecule has 1 aliphatic rings. The van der Waals surface area contributed by atoms with Crippen LogP contribution in [0.5, 0.6) is 11.5 Å². The van der Waals surface area contributed by atoms with Crippen molar-refractivity contribution in [1.29, 1.82) is 0 Å². The number of rotatable bonds is 8. The fraction of sp³-hybridized carbons (Fsp3) is 0.647. The zero-order chi connectivity index (χ0) is 16.7. The molecule has 1 aliphatic heterocycles. The first kappa shape index (κ1) is 17.9. The monoisotopic (exact) mass is 328 g/mol.